The molecule has 0 bridgehead atoms. The minimum atomic E-state index is -0.872. The van der Waals surface area contributed by atoms with Gasteiger partial charge in [-0.1, -0.05) is 44.5 Å². The van der Waals surface area contributed by atoms with Crippen molar-refractivity contribution in [2.75, 3.05) is 11.9 Å². The van der Waals surface area contributed by atoms with Crippen molar-refractivity contribution in [2.45, 2.75) is 59.0 Å². The van der Waals surface area contributed by atoms with Crippen molar-refractivity contribution in [1.82, 2.24) is 4.90 Å². The Balaban J connectivity index is 1.81. The second kappa shape index (κ2) is 8.62. The van der Waals surface area contributed by atoms with Crippen molar-refractivity contribution in [2.24, 2.45) is 5.41 Å². The first-order valence-corrected chi connectivity index (χ1v) is 10.3. The van der Waals surface area contributed by atoms with Gasteiger partial charge in [0.1, 0.15) is 0 Å². The summed E-state index contributed by atoms with van der Waals surface area (Å²) in [7, 11) is 0. The maximum atomic E-state index is 13.6. The van der Waals surface area contributed by atoms with Crippen LogP contribution in [-0.4, -0.2) is 34.7 Å². The third-order valence-electron chi connectivity index (χ3n) is 5.85. The largest absolute Gasteiger partial charge is 0.465 e. The zero-order chi connectivity index (χ0) is 22.1. The Kier molecular flexibility index (Phi) is 6.34. The Morgan fingerprint density at radius 3 is 2.53 bits per heavy atom. The first kappa shape index (κ1) is 22.1. The molecule has 1 aliphatic heterocycles. The molecule has 2 atom stereocenters. The zero-order valence-electron chi connectivity index (χ0n) is 18.0. The summed E-state index contributed by atoms with van der Waals surface area (Å²) >= 11 is 0. The van der Waals surface area contributed by atoms with Gasteiger partial charge in [-0.05, 0) is 60.9 Å². The molecule has 0 spiro atoms. The maximum Gasteiger partial charge on any atom is 0.407 e. The fourth-order valence-corrected chi connectivity index (χ4v) is 4.25. The number of halogens is 2. The molecule has 0 aromatic heterocycles. The third kappa shape index (κ3) is 5.10. The van der Waals surface area contributed by atoms with Crippen LogP contribution in [0.15, 0.2) is 36.4 Å². The van der Waals surface area contributed by atoms with Crippen molar-refractivity contribution in [3.8, 4) is 0 Å². The second-order valence-electron chi connectivity index (χ2n) is 9.31. The van der Waals surface area contributed by atoms with Gasteiger partial charge >= 0.3 is 6.09 Å². The number of nitrogens with zero attached hydrogens (tertiary/aromatic N) is 1. The average Bonchev–Trinajstić information content (AvgIpc) is 2.66. The highest BCUT2D eigenvalue weighted by molar-refractivity contribution is 5.66. The van der Waals surface area contributed by atoms with Crippen LogP contribution in [0.3, 0.4) is 0 Å². The van der Waals surface area contributed by atoms with E-state index in [-0.39, 0.29) is 17.5 Å². The van der Waals surface area contributed by atoms with E-state index in [4.69, 9.17) is 0 Å². The molecule has 0 saturated carbocycles. The van der Waals surface area contributed by atoms with Gasteiger partial charge in [-0.25, -0.2) is 13.6 Å². The van der Waals surface area contributed by atoms with Gasteiger partial charge < -0.3 is 15.3 Å². The number of carboxylic acid groups (broad SMARTS) is 1. The first-order chi connectivity index (χ1) is 14.0. The van der Waals surface area contributed by atoms with Crippen LogP contribution < -0.4 is 5.32 Å². The molecule has 0 aliphatic carbocycles. The van der Waals surface area contributed by atoms with Crippen LogP contribution in [0, 0.1) is 24.0 Å². The van der Waals surface area contributed by atoms with Gasteiger partial charge in [0.25, 0.3) is 0 Å². The number of likely N-dealkylation sites (tertiary alicyclic amines) is 1. The SMILES string of the molecule is Cc1ccc(NC2CCN(C(=O)O)C(C(C)(C)C)C2)c(Cc2ccc(F)c(F)c2)c1. The number of benzene rings is 2. The summed E-state index contributed by atoms with van der Waals surface area (Å²) in [5.41, 5.74) is 3.59. The summed E-state index contributed by atoms with van der Waals surface area (Å²) in [5, 5.41) is 13.2. The summed E-state index contributed by atoms with van der Waals surface area (Å²) in [6.45, 7) is 8.68. The summed E-state index contributed by atoms with van der Waals surface area (Å²) in [5.74, 6) is -1.69. The second-order valence-corrected chi connectivity index (χ2v) is 9.31. The lowest BCUT2D eigenvalue weighted by molar-refractivity contribution is 0.0557. The molecule has 2 aromatic rings. The Morgan fingerprint density at radius 1 is 1.17 bits per heavy atom. The summed E-state index contributed by atoms with van der Waals surface area (Å²) in [4.78, 5) is 13.2. The predicted octanol–water partition coefficient (Wildman–Crippen LogP) is 5.83. The number of rotatable bonds is 4. The number of hydrogen-bond donors (Lipinski definition) is 2. The number of nitrogens with one attached hydrogen (secondary N) is 1. The third-order valence-corrected chi connectivity index (χ3v) is 5.85. The van der Waals surface area contributed by atoms with E-state index < -0.39 is 17.7 Å². The number of anilines is 1. The minimum absolute atomic E-state index is 0.0821. The van der Waals surface area contributed by atoms with Gasteiger partial charge in [0.15, 0.2) is 11.6 Å². The standard InChI is InChI=1S/C24H30F2N2O2/c1-15-5-8-21(17(11-15)12-16-6-7-19(25)20(26)13-16)27-18-9-10-28(23(29)30)22(14-18)24(2,3)4/h5-8,11,13,18,22,27H,9-10,12,14H2,1-4H3,(H,29,30). The smallest absolute Gasteiger partial charge is 0.407 e. The van der Waals surface area contributed by atoms with Crippen molar-refractivity contribution in [3.63, 3.8) is 0 Å². The summed E-state index contributed by atoms with van der Waals surface area (Å²) in [6.07, 6.45) is 1.05. The van der Waals surface area contributed by atoms with Gasteiger partial charge in [0.05, 0.1) is 0 Å². The molecule has 6 heteroatoms. The van der Waals surface area contributed by atoms with Crippen LogP contribution in [0.4, 0.5) is 19.3 Å². The summed E-state index contributed by atoms with van der Waals surface area (Å²) in [6, 6.07) is 10.1. The molecule has 3 rings (SSSR count). The monoisotopic (exact) mass is 416 g/mol. The van der Waals surface area contributed by atoms with E-state index in [1.165, 1.54) is 6.07 Å². The molecule has 4 nitrogen and oxygen atoms in total. The first-order valence-electron chi connectivity index (χ1n) is 10.3. The predicted molar refractivity (Wildman–Crippen MR) is 115 cm³/mol. The zero-order valence-corrected chi connectivity index (χ0v) is 18.0. The van der Waals surface area contributed by atoms with E-state index in [0.29, 0.717) is 24.9 Å². The van der Waals surface area contributed by atoms with Crippen LogP contribution >= 0.6 is 0 Å². The Labute approximate surface area is 176 Å². The van der Waals surface area contributed by atoms with Gasteiger partial charge in [-0.2, -0.15) is 0 Å². The highest BCUT2D eigenvalue weighted by Gasteiger charge is 2.38. The molecule has 2 N–H and O–H groups in total. The van der Waals surface area contributed by atoms with Gasteiger partial charge in [0.2, 0.25) is 0 Å². The topological polar surface area (TPSA) is 52.6 Å². The molecule has 1 heterocycles. The summed E-state index contributed by atoms with van der Waals surface area (Å²) < 4.78 is 26.9. The number of hydrogen-bond acceptors (Lipinski definition) is 2. The highest BCUT2D eigenvalue weighted by Crippen LogP contribution is 2.34. The minimum Gasteiger partial charge on any atom is -0.465 e. The average molecular weight is 417 g/mol. The molecule has 0 radical (unpaired) electrons. The van der Waals surface area contributed by atoms with Gasteiger partial charge in [0, 0.05) is 24.3 Å². The molecule has 2 aromatic carbocycles. The Hall–Kier alpha value is -2.63. The molecule has 162 valence electrons. The van der Waals surface area contributed by atoms with Crippen LogP contribution in [0.25, 0.3) is 0 Å². The number of carbonyl (C=O) groups is 1. The van der Waals surface area contributed by atoms with Crippen LogP contribution in [-0.2, 0) is 6.42 Å². The number of aryl methyl sites for hydroxylation is 1. The van der Waals surface area contributed by atoms with Gasteiger partial charge in [-0.3, -0.25) is 0 Å². The quantitative estimate of drug-likeness (QED) is 0.659. The lowest BCUT2D eigenvalue weighted by Gasteiger charge is -2.45. The van der Waals surface area contributed by atoms with E-state index >= 15 is 0 Å². The molecule has 1 saturated heterocycles. The van der Waals surface area contributed by atoms with Crippen LogP contribution in [0.5, 0.6) is 0 Å². The Morgan fingerprint density at radius 2 is 1.90 bits per heavy atom. The van der Waals surface area contributed by atoms with Crippen LogP contribution in [0.1, 0.15) is 50.3 Å². The van der Waals surface area contributed by atoms with E-state index in [0.717, 1.165) is 29.3 Å². The molecule has 1 amide bonds. The fraction of sp³-hybridized carbons (Fsp3) is 0.458. The van der Waals surface area contributed by atoms with E-state index in [1.807, 2.05) is 19.1 Å². The lowest BCUT2D eigenvalue weighted by Crippen LogP contribution is -2.54. The van der Waals surface area contributed by atoms with Crippen molar-refractivity contribution in [1.29, 1.82) is 0 Å². The van der Waals surface area contributed by atoms with Crippen molar-refractivity contribution >= 4 is 11.8 Å². The lowest BCUT2D eigenvalue weighted by atomic mass is 9.79. The molecular formula is C24H30F2N2O2. The Bertz CT molecular complexity index is 924. The molecule has 30 heavy (non-hydrogen) atoms. The molecule has 2 unspecified atom stereocenters. The maximum absolute atomic E-state index is 13.6. The highest BCUT2D eigenvalue weighted by atomic mass is 19.2. The fourth-order valence-electron chi connectivity index (χ4n) is 4.25. The molecule has 1 aliphatic rings. The molecular weight excluding hydrogens is 386 g/mol. The normalized spacial score (nSPS) is 19.6. The number of amides is 1. The molecule has 1 fully saturated rings. The van der Waals surface area contributed by atoms with Crippen LogP contribution in [0.2, 0.25) is 0 Å². The van der Waals surface area contributed by atoms with Crippen molar-refractivity contribution in [3.05, 3.63) is 64.7 Å². The van der Waals surface area contributed by atoms with E-state index in [2.05, 4.69) is 32.2 Å². The van der Waals surface area contributed by atoms with E-state index in [1.54, 1.807) is 11.0 Å². The number of piperidine rings is 1. The van der Waals surface area contributed by atoms with E-state index in [9.17, 15) is 18.7 Å². The van der Waals surface area contributed by atoms with Gasteiger partial charge in [-0.15, -0.1) is 0 Å². The van der Waals surface area contributed by atoms with Crippen molar-refractivity contribution < 1.29 is 18.7 Å².